The molecule has 6 heteroatoms. The van der Waals surface area contributed by atoms with Crippen LogP contribution in [-0.4, -0.2) is 31.2 Å². The molecule has 1 aliphatic heterocycles. The van der Waals surface area contributed by atoms with Crippen LogP contribution in [0.4, 0.5) is 24.7 Å². The van der Waals surface area contributed by atoms with E-state index in [2.05, 4.69) is 4.98 Å². The molecule has 2 heterocycles. The van der Waals surface area contributed by atoms with Crippen molar-refractivity contribution in [3.05, 3.63) is 54.0 Å². The Morgan fingerprint density at radius 2 is 1.57 bits per heavy atom. The van der Waals surface area contributed by atoms with Gasteiger partial charge in [0.25, 0.3) is 0 Å². The lowest BCUT2D eigenvalue weighted by Crippen LogP contribution is -2.47. The second-order valence-corrected chi connectivity index (χ2v) is 4.89. The summed E-state index contributed by atoms with van der Waals surface area (Å²) in [6.07, 6.45) is 0. The van der Waals surface area contributed by atoms with E-state index in [1.165, 1.54) is 18.2 Å². The fourth-order valence-corrected chi connectivity index (χ4v) is 2.49. The van der Waals surface area contributed by atoms with Gasteiger partial charge in [-0.3, -0.25) is 0 Å². The fraction of sp³-hybridized carbons (Fsp3) is 0.267. The van der Waals surface area contributed by atoms with Crippen LogP contribution in [0.3, 0.4) is 0 Å². The minimum absolute atomic E-state index is 0.392. The average Bonchev–Trinajstić information content (AvgIpc) is 2.47. The Labute approximate surface area is 120 Å². The number of rotatable bonds is 2. The predicted octanol–water partition coefficient (Wildman–Crippen LogP) is 2.83. The number of pyridine rings is 1. The fourth-order valence-electron chi connectivity index (χ4n) is 2.49. The maximum absolute atomic E-state index is 13.8. The maximum Gasteiger partial charge on any atom is 0.214 e. The molecule has 0 saturated carbocycles. The van der Waals surface area contributed by atoms with Gasteiger partial charge in [0.2, 0.25) is 5.95 Å². The van der Waals surface area contributed by atoms with Crippen molar-refractivity contribution < 1.29 is 13.2 Å². The van der Waals surface area contributed by atoms with Crippen LogP contribution in [0, 0.1) is 17.6 Å². The molecule has 0 spiro atoms. The first-order chi connectivity index (χ1) is 10.1. The number of benzene rings is 1. The number of hydrogen-bond acceptors (Lipinski definition) is 3. The third-order valence-corrected chi connectivity index (χ3v) is 3.55. The monoisotopic (exact) mass is 293 g/mol. The molecule has 3 nitrogen and oxygen atoms in total. The van der Waals surface area contributed by atoms with E-state index in [1.807, 2.05) is 9.80 Å². The lowest BCUT2D eigenvalue weighted by atomic mass is 10.2. The van der Waals surface area contributed by atoms with Crippen LogP contribution in [0.25, 0.3) is 0 Å². The normalized spacial score (nSPS) is 15.4. The van der Waals surface area contributed by atoms with E-state index in [-0.39, 0.29) is 0 Å². The SMILES string of the molecule is Fc1ccc(N2CCN(c3cccc(F)n3)CC2)c(F)c1. The summed E-state index contributed by atoms with van der Waals surface area (Å²) in [6, 6.07) is 8.24. The van der Waals surface area contributed by atoms with Crippen LogP contribution in [0.5, 0.6) is 0 Å². The van der Waals surface area contributed by atoms with Gasteiger partial charge in [0.1, 0.15) is 17.5 Å². The molecule has 0 aliphatic carbocycles. The standard InChI is InChI=1S/C15H14F3N3/c16-11-4-5-13(12(17)10-11)20-6-8-21(9-7-20)15-3-1-2-14(18)19-15/h1-5,10H,6-9H2. The van der Waals surface area contributed by atoms with Gasteiger partial charge in [0.05, 0.1) is 5.69 Å². The molecule has 1 aliphatic rings. The van der Waals surface area contributed by atoms with E-state index in [4.69, 9.17) is 0 Å². The Morgan fingerprint density at radius 3 is 2.24 bits per heavy atom. The van der Waals surface area contributed by atoms with Gasteiger partial charge in [-0.25, -0.2) is 13.8 Å². The van der Waals surface area contributed by atoms with Crippen molar-refractivity contribution in [2.75, 3.05) is 36.0 Å². The summed E-state index contributed by atoms with van der Waals surface area (Å²) in [5.74, 6) is -1.08. The molecule has 0 unspecified atom stereocenters. The number of nitrogens with zero attached hydrogens (tertiary/aromatic N) is 3. The lowest BCUT2D eigenvalue weighted by Gasteiger charge is -2.36. The van der Waals surface area contributed by atoms with Gasteiger partial charge < -0.3 is 9.80 Å². The first-order valence-corrected chi connectivity index (χ1v) is 6.71. The van der Waals surface area contributed by atoms with Crippen molar-refractivity contribution in [2.45, 2.75) is 0 Å². The van der Waals surface area contributed by atoms with E-state index in [1.54, 1.807) is 12.1 Å². The summed E-state index contributed by atoms with van der Waals surface area (Å²) < 4.78 is 39.8. The zero-order chi connectivity index (χ0) is 14.8. The maximum atomic E-state index is 13.8. The summed E-state index contributed by atoms with van der Waals surface area (Å²) >= 11 is 0. The highest BCUT2D eigenvalue weighted by Crippen LogP contribution is 2.23. The molecule has 0 N–H and O–H groups in total. The number of anilines is 2. The number of piperazine rings is 1. The molecule has 21 heavy (non-hydrogen) atoms. The van der Waals surface area contributed by atoms with Gasteiger partial charge >= 0.3 is 0 Å². The first-order valence-electron chi connectivity index (χ1n) is 6.71. The van der Waals surface area contributed by atoms with Gasteiger partial charge in [-0.15, -0.1) is 0 Å². The average molecular weight is 293 g/mol. The molecule has 110 valence electrons. The summed E-state index contributed by atoms with van der Waals surface area (Å²) in [6.45, 7) is 2.35. The second-order valence-electron chi connectivity index (χ2n) is 4.89. The topological polar surface area (TPSA) is 19.4 Å². The summed E-state index contributed by atoms with van der Waals surface area (Å²) in [7, 11) is 0. The minimum Gasteiger partial charge on any atom is -0.366 e. The molecule has 1 fully saturated rings. The van der Waals surface area contributed by atoms with Crippen LogP contribution < -0.4 is 9.80 Å². The van der Waals surface area contributed by atoms with Crippen LogP contribution >= 0.6 is 0 Å². The Hall–Kier alpha value is -2.24. The first kappa shape index (κ1) is 13.7. The Morgan fingerprint density at radius 1 is 0.857 bits per heavy atom. The molecule has 2 aromatic rings. The van der Waals surface area contributed by atoms with Crippen molar-refractivity contribution in [3.8, 4) is 0 Å². The van der Waals surface area contributed by atoms with E-state index >= 15 is 0 Å². The Balaban J connectivity index is 1.70. The molecular weight excluding hydrogens is 279 g/mol. The highest BCUT2D eigenvalue weighted by atomic mass is 19.1. The van der Waals surface area contributed by atoms with Crippen LogP contribution in [0.2, 0.25) is 0 Å². The molecule has 1 aromatic carbocycles. The van der Waals surface area contributed by atoms with Crippen molar-refractivity contribution in [1.29, 1.82) is 0 Å². The quantitative estimate of drug-likeness (QED) is 0.794. The van der Waals surface area contributed by atoms with Crippen molar-refractivity contribution in [1.82, 2.24) is 4.98 Å². The van der Waals surface area contributed by atoms with Gasteiger partial charge in [-0.05, 0) is 24.3 Å². The smallest absolute Gasteiger partial charge is 0.214 e. The van der Waals surface area contributed by atoms with Gasteiger partial charge in [-0.2, -0.15) is 4.39 Å². The van der Waals surface area contributed by atoms with E-state index in [0.29, 0.717) is 37.7 Å². The molecule has 3 rings (SSSR count). The second kappa shape index (κ2) is 5.63. The molecule has 0 amide bonds. The Bertz CT molecular complexity index is 640. The minimum atomic E-state index is -0.584. The van der Waals surface area contributed by atoms with E-state index in [9.17, 15) is 13.2 Å². The van der Waals surface area contributed by atoms with Crippen molar-refractivity contribution >= 4 is 11.5 Å². The van der Waals surface area contributed by atoms with Gasteiger partial charge in [0.15, 0.2) is 0 Å². The van der Waals surface area contributed by atoms with Gasteiger partial charge in [0, 0.05) is 32.2 Å². The summed E-state index contributed by atoms with van der Waals surface area (Å²) in [5.41, 5.74) is 0.392. The predicted molar refractivity (Wildman–Crippen MR) is 75.0 cm³/mol. The van der Waals surface area contributed by atoms with Crippen LogP contribution in [-0.2, 0) is 0 Å². The zero-order valence-corrected chi connectivity index (χ0v) is 11.3. The summed E-state index contributed by atoms with van der Waals surface area (Å²) in [4.78, 5) is 7.64. The summed E-state index contributed by atoms with van der Waals surface area (Å²) in [5, 5.41) is 0. The van der Waals surface area contributed by atoms with Crippen molar-refractivity contribution in [3.63, 3.8) is 0 Å². The molecule has 0 bridgehead atoms. The molecule has 0 atom stereocenters. The number of aromatic nitrogens is 1. The van der Waals surface area contributed by atoms with Crippen LogP contribution in [0.15, 0.2) is 36.4 Å². The zero-order valence-electron chi connectivity index (χ0n) is 11.3. The molecule has 0 radical (unpaired) electrons. The highest BCUT2D eigenvalue weighted by Gasteiger charge is 2.20. The van der Waals surface area contributed by atoms with Crippen molar-refractivity contribution in [2.24, 2.45) is 0 Å². The third-order valence-electron chi connectivity index (χ3n) is 3.55. The largest absolute Gasteiger partial charge is 0.366 e. The number of hydrogen-bond donors (Lipinski definition) is 0. The number of halogens is 3. The van der Waals surface area contributed by atoms with Crippen LogP contribution in [0.1, 0.15) is 0 Å². The van der Waals surface area contributed by atoms with E-state index < -0.39 is 17.6 Å². The molecular formula is C15H14F3N3. The molecule has 1 aromatic heterocycles. The highest BCUT2D eigenvalue weighted by molar-refractivity contribution is 5.50. The third kappa shape index (κ3) is 2.94. The molecule has 1 saturated heterocycles. The van der Waals surface area contributed by atoms with Gasteiger partial charge in [-0.1, -0.05) is 6.07 Å². The Kier molecular flexibility index (Phi) is 3.68. The van der Waals surface area contributed by atoms with E-state index in [0.717, 1.165) is 6.07 Å². The lowest BCUT2D eigenvalue weighted by molar-refractivity contribution is 0.563.